The molecule has 2 rings (SSSR count). The van der Waals surface area contributed by atoms with Gasteiger partial charge < -0.3 is 24.5 Å². The van der Waals surface area contributed by atoms with Gasteiger partial charge >= 0.3 is 0 Å². The summed E-state index contributed by atoms with van der Waals surface area (Å²) in [6.07, 6.45) is 0.117. The number of hydrogen-bond donors (Lipinski definition) is 3. The van der Waals surface area contributed by atoms with Gasteiger partial charge in [0.05, 0.1) is 32.2 Å². The zero-order chi connectivity index (χ0) is 23.6. The molecule has 32 heavy (non-hydrogen) atoms. The topological polar surface area (TPSA) is 116 Å². The standard InChI is InChI=1S/C21H32N4O5S2/c1-25(2)14-16-9-10-17(30-16)15-31-12-11-22-21(24-32(4,27)28)23-13-19(26)18-7-5-6-8-20(18)29-3/h5-10,19,26H,11-15H2,1-4H3,(H2,22,23,24). The number of furan rings is 1. The highest BCUT2D eigenvalue weighted by molar-refractivity contribution is 7.98. The zero-order valence-electron chi connectivity index (χ0n) is 18.9. The lowest BCUT2D eigenvalue weighted by Crippen LogP contribution is -2.41. The fourth-order valence-electron chi connectivity index (χ4n) is 2.83. The van der Waals surface area contributed by atoms with E-state index < -0.39 is 16.1 Å². The molecule has 0 amide bonds. The highest BCUT2D eigenvalue weighted by Gasteiger charge is 2.14. The van der Waals surface area contributed by atoms with Crippen molar-refractivity contribution in [3.63, 3.8) is 0 Å². The first kappa shape index (κ1) is 26.0. The Labute approximate surface area is 194 Å². The number of para-hydroxylation sites is 1. The number of ether oxygens (including phenoxy) is 1. The number of aliphatic hydroxyl groups excluding tert-OH is 1. The normalized spacial score (nSPS) is 13.2. The zero-order valence-corrected chi connectivity index (χ0v) is 20.5. The quantitative estimate of drug-likeness (QED) is 0.237. The molecule has 0 fully saturated rings. The second-order valence-corrected chi connectivity index (χ2v) is 10.3. The SMILES string of the molecule is COc1ccccc1C(O)CN=C(NCCSCc1ccc(CN(C)C)o1)NS(C)(=O)=O. The smallest absolute Gasteiger partial charge is 0.232 e. The molecule has 0 saturated heterocycles. The summed E-state index contributed by atoms with van der Waals surface area (Å²) in [5.41, 5.74) is 0.583. The predicted molar refractivity (Wildman–Crippen MR) is 128 cm³/mol. The molecule has 3 N–H and O–H groups in total. The number of nitrogens with one attached hydrogen (secondary N) is 2. The molecule has 1 aromatic carbocycles. The van der Waals surface area contributed by atoms with Gasteiger partial charge in [0, 0.05) is 17.9 Å². The van der Waals surface area contributed by atoms with Gasteiger partial charge in [-0.15, -0.1) is 0 Å². The van der Waals surface area contributed by atoms with Gasteiger partial charge in [-0.2, -0.15) is 11.8 Å². The number of nitrogens with zero attached hydrogens (tertiary/aromatic N) is 2. The van der Waals surface area contributed by atoms with Crippen molar-refractivity contribution in [3.05, 3.63) is 53.5 Å². The van der Waals surface area contributed by atoms with Crippen LogP contribution in [0.15, 0.2) is 45.8 Å². The Morgan fingerprint density at radius 2 is 1.97 bits per heavy atom. The molecule has 11 heteroatoms. The van der Waals surface area contributed by atoms with Crippen LogP contribution < -0.4 is 14.8 Å². The van der Waals surface area contributed by atoms with Crippen molar-refractivity contribution >= 4 is 27.7 Å². The summed E-state index contributed by atoms with van der Waals surface area (Å²) >= 11 is 1.66. The van der Waals surface area contributed by atoms with Crippen molar-refractivity contribution in [1.82, 2.24) is 14.9 Å². The van der Waals surface area contributed by atoms with Crippen molar-refractivity contribution in [3.8, 4) is 5.75 Å². The Bertz CT molecular complexity index is 976. The van der Waals surface area contributed by atoms with Gasteiger partial charge in [-0.3, -0.25) is 4.72 Å². The third-order valence-corrected chi connectivity index (χ3v) is 5.72. The molecule has 0 aliphatic carbocycles. The number of benzene rings is 1. The van der Waals surface area contributed by atoms with Crippen molar-refractivity contribution in [2.24, 2.45) is 4.99 Å². The maximum Gasteiger partial charge on any atom is 0.232 e. The van der Waals surface area contributed by atoms with E-state index in [-0.39, 0.29) is 12.5 Å². The first-order valence-electron chi connectivity index (χ1n) is 10.0. The minimum Gasteiger partial charge on any atom is -0.496 e. The van der Waals surface area contributed by atoms with Gasteiger partial charge in [-0.25, -0.2) is 13.4 Å². The average Bonchev–Trinajstić information content (AvgIpc) is 3.16. The number of sulfonamides is 1. The molecule has 2 aromatic rings. The van der Waals surface area contributed by atoms with E-state index in [0.29, 0.717) is 29.4 Å². The second-order valence-electron chi connectivity index (χ2n) is 7.41. The minimum absolute atomic E-state index is 0.0284. The van der Waals surface area contributed by atoms with E-state index in [1.54, 1.807) is 36.0 Å². The van der Waals surface area contributed by atoms with Crippen LogP contribution in [0.5, 0.6) is 5.75 Å². The molecule has 9 nitrogen and oxygen atoms in total. The monoisotopic (exact) mass is 484 g/mol. The molecule has 0 saturated carbocycles. The van der Waals surface area contributed by atoms with Crippen molar-refractivity contribution in [1.29, 1.82) is 0 Å². The lowest BCUT2D eigenvalue weighted by Gasteiger charge is -2.15. The number of guanidine groups is 1. The van der Waals surface area contributed by atoms with Crippen LogP contribution in [-0.4, -0.2) is 70.7 Å². The van der Waals surface area contributed by atoms with E-state index in [4.69, 9.17) is 9.15 Å². The Balaban J connectivity index is 1.86. The van der Waals surface area contributed by atoms with E-state index in [2.05, 4.69) is 15.0 Å². The minimum atomic E-state index is -3.52. The molecule has 0 bridgehead atoms. The maximum atomic E-state index is 11.7. The Morgan fingerprint density at radius 1 is 1.25 bits per heavy atom. The fourth-order valence-corrected chi connectivity index (χ4v) is 4.06. The van der Waals surface area contributed by atoms with Gasteiger partial charge in [0.1, 0.15) is 23.4 Å². The highest BCUT2D eigenvalue weighted by atomic mass is 32.2. The largest absolute Gasteiger partial charge is 0.496 e. The Kier molecular flexibility index (Phi) is 10.4. The van der Waals surface area contributed by atoms with E-state index >= 15 is 0 Å². The second kappa shape index (κ2) is 12.7. The van der Waals surface area contributed by atoms with Crippen molar-refractivity contribution in [2.75, 3.05) is 46.3 Å². The van der Waals surface area contributed by atoms with Crippen LogP contribution in [0.2, 0.25) is 0 Å². The van der Waals surface area contributed by atoms with Crippen LogP contribution in [-0.2, 0) is 22.3 Å². The Hall–Kier alpha value is -2.21. The molecule has 1 aromatic heterocycles. The first-order chi connectivity index (χ1) is 15.2. The average molecular weight is 485 g/mol. The number of hydrogen-bond acceptors (Lipinski definition) is 8. The number of methoxy groups -OCH3 is 1. The Morgan fingerprint density at radius 3 is 2.66 bits per heavy atom. The predicted octanol–water partition coefficient (Wildman–Crippen LogP) is 1.81. The molecule has 1 atom stereocenters. The third kappa shape index (κ3) is 9.51. The first-order valence-corrected chi connectivity index (χ1v) is 13.1. The van der Waals surface area contributed by atoms with Gasteiger partial charge in [0.2, 0.25) is 16.0 Å². The van der Waals surface area contributed by atoms with Gasteiger partial charge in [-0.05, 0) is 32.3 Å². The number of aliphatic imine (C=N–C) groups is 1. The summed E-state index contributed by atoms with van der Waals surface area (Å²) in [5.74, 6) is 3.88. The van der Waals surface area contributed by atoms with E-state index in [1.807, 2.05) is 31.1 Å². The molecular formula is C21H32N4O5S2. The van der Waals surface area contributed by atoms with E-state index in [9.17, 15) is 13.5 Å². The molecule has 0 aliphatic rings. The highest BCUT2D eigenvalue weighted by Crippen LogP contribution is 2.24. The fraction of sp³-hybridized carbons (Fsp3) is 0.476. The number of rotatable bonds is 12. The van der Waals surface area contributed by atoms with Crippen LogP contribution in [0.4, 0.5) is 0 Å². The summed E-state index contributed by atoms with van der Waals surface area (Å²) in [7, 11) is 1.98. The number of thioether (sulfide) groups is 1. The molecule has 0 spiro atoms. The lowest BCUT2D eigenvalue weighted by molar-refractivity contribution is 0.182. The van der Waals surface area contributed by atoms with Crippen molar-refractivity contribution in [2.45, 2.75) is 18.4 Å². The van der Waals surface area contributed by atoms with Crippen molar-refractivity contribution < 1.29 is 22.7 Å². The van der Waals surface area contributed by atoms with E-state index in [0.717, 1.165) is 24.3 Å². The maximum absolute atomic E-state index is 11.7. The third-order valence-electron chi connectivity index (χ3n) is 4.17. The van der Waals surface area contributed by atoms with Gasteiger partial charge in [0.25, 0.3) is 0 Å². The summed E-state index contributed by atoms with van der Waals surface area (Å²) in [6, 6.07) is 11.0. The molecule has 1 unspecified atom stereocenters. The van der Waals surface area contributed by atoms with Crippen LogP contribution in [0.1, 0.15) is 23.2 Å². The van der Waals surface area contributed by atoms with E-state index in [1.165, 1.54) is 7.11 Å². The summed E-state index contributed by atoms with van der Waals surface area (Å²) < 4.78 is 36.7. The van der Waals surface area contributed by atoms with Crippen LogP contribution in [0, 0.1) is 0 Å². The lowest BCUT2D eigenvalue weighted by atomic mass is 10.1. The summed E-state index contributed by atoms with van der Waals surface area (Å²) in [5, 5.41) is 13.5. The molecule has 178 valence electrons. The molecule has 0 radical (unpaired) electrons. The van der Waals surface area contributed by atoms with Crippen LogP contribution in [0.25, 0.3) is 0 Å². The molecule has 1 heterocycles. The van der Waals surface area contributed by atoms with Crippen LogP contribution in [0.3, 0.4) is 0 Å². The summed E-state index contributed by atoms with van der Waals surface area (Å²) in [4.78, 5) is 6.27. The number of aliphatic hydroxyl groups is 1. The molecular weight excluding hydrogens is 452 g/mol. The van der Waals surface area contributed by atoms with Gasteiger partial charge in [-0.1, -0.05) is 18.2 Å². The van der Waals surface area contributed by atoms with Crippen LogP contribution >= 0.6 is 11.8 Å². The van der Waals surface area contributed by atoms with Gasteiger partial charge in [0.15, 0.2) is 0 Å². The molecule has 0 aliphatic heterocycles. The summed E-state index contributed by atoms with van der Waals surface area (Å²) in [6.45, 7) is 1.21.